The molecule has 9 heteroatoms. The standard InChI is InChI=1S/C24H17F3N2O3S/c1-14-6-11-21(32-23(26)27)18(12-14)20(30)13-33-24-28-19-5-3-2-4-17(19)22(31)29(24)16-9-7-15(25)8-10-16/h2-12,23H,13H2,1H3. The molecule has 0 bridgehead atoms. The highest BCUT2D eigenvalue weighted by Crippen LogP contribution is 2.27. The average molecular weight is 470 g/mol. The predicted molar refractivity (Wildman–Crippen MR) is 120 cm³/mol. The molecule has 4 rings (SSSR count). The summed E-state index contributed by atoms with van der Waals surface area (Å²) in [5, 5.41) is 0.575. The van der Waals surface area contributed by atoms with E-state index in [1.54, 1.807) is 37.3 Å². The predicted octanol–water partition coefficient (Wildman–Crippen LogP) is 5.41. The van der Waals surface area contributed by atoms with Crippen molar-refractivity contribution in [2.24, 2.45) is 0 Å². The molecule has 0 saturated heterocycles. The van der Waals surface area contributed by atoms with Crippen molar-refractivity contribution < 1.29 is 22.7 Å². The van der Waals surface area contributed by atoms with Crippen LogP contribution in [-0.2, 0) is 0 Å². The molecule has 0 fully saturated rings. The molecule has 0 aliphatic heterocycles. The average Bonchev–Trinajstić information content (AvgIpc) is 2.79. The van der Waals surface area contributed by atoms with Gasteiger partial charge in [-0.1, -0.05) is 35.5 Å². The number of carbonyl (C=O) groups is 1. The number of hydrogen-bond acceptors (Lipinski definition) is 5. The van der Waals surface area contributed by atoms with Crippen molar-refractivity contribution in [1.82, 2.24) is 9.55 Å². The number of nitrogens with zero attached hydrogens (tertiary/aromatic N) is 2. The summed E-state index contributed by atoms with van der Waals surface area (Å²) in [6.07, 6.45) is 0. The maximum absolute atomic E-state index is 13.4. The van der Waals surface area contributed by atoms with Gasteiger partial charge in [0.15, 0.2) is 10.9 Å². The summed E-state index contributed by atoms with van der Waals surface area (Å²) in [4.78, 5) is 30.6. The lowest BCUT2D eigenvalue weighted by Crippen LogP contribution is -2.22. The van der Waals surface area contributed by atoms with Crippen LogP contribution in [0.3, 0.4) is 0 Å². The van der Waals surface area contributed by atoms with Crippen LogP contribution in [0, 0.1) is 12.7 Å². The van der Waals surface area contributed by atoms with Crippen molar-refractivity contribution in [2.45, 2.75) is 18.7 Å². The Morgan fingerprint density at radius 3 is 2.55 bits per heavy atom. The Labute approximate surface area is 190 Å². The normalized spacial score (nSPS) is 11.2. The van der Waals surface area contributed by atoms with Gasteiger partial charge in [0.1, 0.15) is 11.6 Å². The van der Waals surface area contributed by atoms with Crippen LogP contribution < -0.4 is 10.3 Å². The van der Waals surface area contributed by atoms with E-state index in [0.29, 0.717) is 22.2 Å². The number of para-hydroxylation sites is 1. The number of carbonyl (C=O) groups excluding carboxylic acids is 1. The molecule has 5 nitrogen and oxygen atoms in total. The van der Waals surface area contributed by atoms with Gasteiger partial charge in [-0.3, -0.25) is 14.2 Å². The highest BCUT2D eigenvalue weighted by molar-refractivity contribution is 7.99. The zero-order valence-corrected chi connectivity index (χ0v) is 18.1. The van der Waals surface area contributed by atoms with Crippen LogP contribution >= 0.6 is 11.8 Å². The number of thioether (sulfide) groups is 1. The number of benzene rings is 3. The number of aromatic nitrogens is 2. The molecule has 0 amide bonds. The summed E-state index contributed by atoms with van der Waals surface area (Å²) in [7, 11) is 0. The van der Waals surface area contributed by atoms with Crippen molar-refractivity contribution in [3.63, 3.8) is 0 Å². The van der Waals surface area contributed by atoms with Gasteiger partial charge < -0.3 is 4.74 Å². The number of halogens is 3. The van der Waals surface area contributed by atoms with E-state index in [0.717, 1.165) is 11.8 Å². The van der Waals surface area contributed by atoms with Gasteiger partial charge in [0, 0.05) is 0 Å². The molecule has 0 unspecified atom stereocenters. The number of ether oxygens (including phenoxy) is 1. The van der Waals surface area contributed by atoms with E-state index >= 15 is 0 Å². The fourth-order valence-electron chi connectivity index (χ4n) is 3.30. The SMILES string of the molecule is Cc1ccc(OC(F)F)c(C(=O)CSc2nc3ccccc3c(=O)n2-c2ccc(F)cc2)c1. The molecule has 4 aromatic rings. The molecule has 0 spiro atoms. The van der Waals surface area contributed by atoms with Gasteiger partial charge in [-0.15, -0.1) is 0 Å². The highest BCUT2D eigenvalue weighted by Gasteiger charge is 2.19. The largest absolute Gasteiger partial charge is 0.434 e. The van der Waals surface area contributed by atoms with Gasteiger partial charge in [-0.05, 0) is 55.5 Å². The van der Waals surface area contributed by atoms with Crippen molar-refractivity contribution in [2.75, 3.05) is 5.75 Å². The van der Waals surface area contributed by atoms with Crippen LogP contribution in [0.15, 0.2) is 76.7 Å². The summed E-state index contributed by atoms with van der Waals surface area (Å²) in [6, 6.07) is 16.4. The number of alkyl halides is 2. The minimum atomic E-state index is -3.07. The minimum absolute atomic E-state index is 0.0132. The molecular formula is C24H17F3N2O3S. The third kappa shape index (κ3) is 4.93. The zero-order chi connectivity index (χ0) is 23.5. The first-order valence-corrected chi connectivity index (χ1v) is 10.8. The van der Waals surface area contributed by atoms with Crippen LogP contribution in [-0.4, -0.2) is 27.7 Å². The monoisotopic (exact) mass is 470 g/mol. The van der Waals surface area contributed by atoms with E-state index in [9.17, 15) is 22.8 Å². The van der Waals surface area contributed by atoms with Gasteiger partial charge in [-0.2, -0.15) is 8.78 Å². The third-order valence-electron chi connectivity index (χ3n) is 4.81. The molecular weight excluding hydrogens is 453 g/mol. The number of Topliss-reactive ketones (excluding diaryl/α,β-unsaturated/α-hetero) is 1. The Morgan fingerprint density at radius 2 is 1.82 bits per heavy atom. The molecule has 1 heterocycles. The van der Waals surface area contributed by atoms with Gasteiger partial charge in [0.2, 0.25) is 0 Å². The molecule has 0 atom stereocenters. The van der Waals surface area contributed by atoms with Crippen molar-refractivity contribution in [3.05, 3.63) is 94.0 Å². The number of rotatable bonds is 7. The van der Waals surface area contributed by atoms with E-state index in [2.05, 4.69) is 9.72 Å². The Kier molecular flexibility index (Phi) is 6.50. The highest BCUT2D eigenvalue weighted by atomic mass is 32.2. The topological polar surface area (TPSA) is 61.2 Å². The van der Waals surface area contributed by atoms with Crippen molar-refractivity contribution >= 4 is 28.4 Å². The summed E-state index contributed by atoms with van der Waals surface area (Å²) >= 11 is 0.977. The fourth-order valence-corrected chi connectivity index (χ4v) is 4.19. The Hall–Kier alpha value is -3.59. The lowest BCUT2D eigenvalue weighted by molar-refractivity contribution is -0.0501. The van der Waals surface area contributed by atoms with Gasteiger partial charge in [0.05, 0.1) is 27.9 Å². The van der Waals surface area contributed by atoms with E-state index < -0.39 is 18.2 Å². The third-order valence-corrected chi connectivity index (χ3v) is 5.75. The quantitative estimate of drug-likeness (QED) is 0.205. The number of ketones is 1. The number of aryl methyl sites for hydroxylation is 1. The van der Waals surface area contributed by atoms with Crippen LogP contribution in [0.5, 0.6) is 5.75 Å². The molecule has 3 aromatic carbocycles. The molecule has 0 aliphatic carbocycles. The van der Waals surface area contributed by atoms with Crippen LogP contribution in [0.2, 0.25) is 0 Å². The lowest BCUT2D eigenvalue weighted by Gasteiger charge is -2.14. The van der Waals surface area contributed by atoms with Crippen molar-refractivity contribution in [3.8, 4) is 11.4 Å². The first-order chi connectivity index (χ1) is 15.8. The Morgan fingerprint density at radius 1 is 1.09 bits per heavy atom. The summed E-state index contributed by atoms with van der Waals surface area (Å²) < 4.78 is 44.8. The molecule has 0 aliphatic rings. The molecule has 33 heavy (non-hydrogen) atoms. The second-order valence-electron chi connectivity index (χ2n) is 7.12. The smallest absolute Gasteiger partial charge is 0.387 e. The van der Waals surface area contributed by atoms with Crippen LogP contribution in [0.1, 0.15) is 15.9 Å². The molecule has 0 N–H and O–H groups in total. The van der Waals surface area contributed by atoms with Crippen LogP contribution in [0.4, 0.5) is 13.2 Å². The molecule has 168 valence electrons. The maximum Gasteiger partial charge on any atom is 0.387 e. The minimum Gasteiger partial charge on any atom is -0.434 e. The second-order valence-corrected chi connectivity index (χ2v) is 8.06. The van der Waals surface area contributed by atoms with Gasteiger partial charge in [0.25, 0.3) is 5.56 Å². The molecule has 0 radical (unpaired) electrons. The first-order valence-electron chi connectivity index (χ1n) is 9.82. The lowest BCUT2D eigenvalue weighted by atomic mass is 10.1. The fraction of sp³-hybridized carbons (Fsp3) is 0.125. The molecule has 1 aromatic heterocycles. The molecule has 0 saturated carbocycles. The van der Waals surface area contributed by atoms with Crippen LogP contribution in [0.25, 0.3) is 16.6 Å². The van der Waals surface area contributed by atoms with E-state index in [4.69, 9.17) is 0 Å². The summed E-state index contributed by atoms with van der Waals surface area (Å²) in [5.74, 6) is -1.33. The van der Waals surface area contributed by atoms with Gasteiger partial charge >= 0.3 is 6.61 Å². The summed E-state index contributed by atoms with van der Waals surface area (Å²) in [6.45, 7) is -1.34. The maximum atomic E-state index is 13.4. The van der Waals surface area contributed by atoms with E-state index in [-0.39, 0.29) is 27.8 Å². The van der Waals surface area contributed by atoms with E-state index in [1.165, 1.54) is 41.0 Å². The Bertz CT molecular complexity index is 1390. The van der Waals surface area contributed by atoms with E-state index in [1.807, 2.05) is 0 Å². The zero-order valence-electron chi connectivity index (χ0n) is 17.3. The second kappa shape index (κ2) is 9.50. The number of hydrogen-bond donors (Lipinski definition) is 0. The first kappa shape index (κ1) is 22.6. The van der Waals surface area contributed by atoms with Gasteiger partial charge in [-0.25, -0.2) is 9.37 Å². The Balaban J connectivity index is 1.73. The summed E-state index contributed by atoms with van der Waals surface area (Å²) in [5.41, 5.74) is 1.16. The number of fused-ring (bicyclic) bond motifs is 1. The van der Waals surface area contributed by atoms with Crippen molar-refractivity contribution in [1.29, 1.82) is 0 Å².